The van der Waals surface area contributed by atoms with Crippen molar-refractivity contribution in [1.29, 1.82) is 0 Å². The Labute approximate surface area is 102 Å². The number of halogens is 2. The molecular formula is C13H10FI. The summed E-state index contributed by atoms with van der Waals surface area (Å²) in [6.45, 7) is 2.06. The van der Waals surface area contributed by atoms with Crippen molar-refractivity contribution in [2.24, 2.45) is 0 Å². The molecule has 2 aromatic rings. The predicted octanol–water partition coefficient (Wildman–Crippen LogP) is 4.41. The molecule has 0 spiro atoms. The van der Waals surface area contributed by atoms with Crippen LogP contribution in [-0.2, 0) is 0 Å². The van der Waals surface area contributed by atoms with Crippen molar-refractivity contribution in [3.05, 3.63) is 57.4 Å². The average molecular weight is 312 g/mol. The van der Waals surface area contributed by atoms with Crippen LogP contribution in [0.4, 0.5) is 4.39 Å². The highest BCUT2D eigenvalue weighted by Gasteiger charge is 2.01. The van der Waals surface area contributed by atoms with Crippen LogP contribution >= 0.6 is 22.6 Å². The Hall–Kier alpha value is -0.900. The zero-order valence-corrected chi connectivity index (χ0v) is 10.5. The fraction of sp³-hybridized carbons (Fsp3) is 0.0769. The molecule has 2 heteroatoms. The molecule has 0 amide bonds. The fourth-order valence-corrected chi connectivity index (χ4v) is 1.83. The Kier molecular flexibility index (Phi) is 3.05. The van der Waals surface area contributed by atoms with Crippen molar-refractivity contribution in [1.82, 2.24) is 0 Å². The van der Waals surface area contributed by atoms with E-state index in [9.17, 15) is 4.39 Å². The quantitative estimate of drug-likeness (QED) is 0.685. The summed E-state index contributed by atoms with van der Waals surface area (Å²) in [6, 6.07) is 12.8. The van der Waals surface area contributed by atoms with Gasteiger partial charge in [-0.2, -0.15) is 0 Å². The minimum Gasteiger partial charge on any atom is -0.207 e. The van der Waals surface area contributed by atoms with Crippen molar-refractivity contribution in [2.45, 2.75) is 6.92 Å². The summed E-state index contributed by atoms with van der Waals surface area (Å²) in [5.74, 6) is -0.191. The lowest BCUT2D eigenvalue weighted by Crippen LogP contribution is -1.84. The molecule has 0 aromatic heterocycles. The zero-order chi connectivity index (χ0) is 10.8. The van der Waals surface area contributed by atoms with Gasteiger partial charge in [0.05, 0.1) is 0 Å². The van der Waals surface area contributed by atoms with Gasteiger partial charge < -0.3 is 0 Å². The molecule has 0 saturated heterocycles. The summed E-state index contributed by atoms with van der Waals surface area (Å²) in [7, 11) is 0. The second-order valence-electron chi connectivity index (χ2n) is 3.47. The molecule has 0 aliphatic heterocycles. The first-order valence-corrected chi connectivity index (χ1v) is 5.77. The monoisotopic (exact) mass is 312 g/mol. The first kappa shape index (κ1) is 10.6. The van der Waals surface area contributed by atoms with Crippen LogP contribution in [0.25, 0.3) is 11.1 Å². The number of rotatable bonds is 1. The SMILES string of the molecule is Cc1cc(-c2cccc(F)c2)ccc1I. The number of aryl methyl sites for hydroxylation is 1. The van der Waals surface area contributed by atoms with E-state index >= 15 is 0 Å². The van der Waals surface area contributed by atoms with E-state index in [1.165, 1.54) is 15.2 Å². The van der Waals surface area contributed by atoms with Gasteiger partial charge in [-0.3, -0.25) is 0 Å². The summed E-state index contributed by atoms with van der Waals surface area (Å²) in [5.41, 5.74) is 3.21. The van der Waals surface area contributed by atoms with Crippen LogP contribution in [0.3, 0.4) is 0 Å². The number of hydrogen-bond donors (Lipinski definition) is 0. The molecule has 0 aliphatic carbocycles. The largest absolute Gasteiger partial charge is 0.207 e. The Bertz CT molecular complexity index is 492. The van der Waals surface area contributed by atoms with E-state index < -0.39 is 0 Å². The zero-order valence-electron chi connectivity index (χ0n) is 8.30. The van der Waals surface area contributed by atoms with Gasteiger partial charge in [0.1, 0.15) is 5.82 Å². The molecule has 0 saturated carbocycles. The molecule has 0 N–H and O–H groups in total. The smallest absolute Gasteiger partial charge is 0.123 e. The third-order valence-corrected chi connectivity index (χ3v) is 3.53. The molecular weight excluding hydrogens is 302 g/mol. The molecule has 2 aromatic carbocycles. The molecule has 0 bridgehead atoms. The third kappa shape index (κ3) is 2.37. The van der Waals surface area contributed by atoms with Gasteiger partial charge in [0.15, 0.2) is 0 Å². The molecule has 76 valence electrons. The molecule has 0 atom stereocenters. The van der Waals surface area contributed by atoms with Gasteiger partial charge in [0, 0.05) is 3.57 Å². The van der Waals surface area contributed by atoms with Crippen molar-refractivity contribution in [2.75, 3.05) is 0 Å². The maximum atomic E-state index is 13.0. The summed E-state index contributed by atoms with van der Waals surface area (Å²) < 4.78 is 14.3. The van der Waals surface area contributed by atoms with Crippen molar-refractivity contribution >= 4 is 22.6 Å². The van der Waals surface area contributed by atoms with Gasteiger partial charge in [0.2, 0.25) is 0 Å². The van der Waals surface area contributed by atoms with Crippen LogP contribution in [0.5, 0.6) is 0 Å². The summed E-state index contributed by atoms with van der Waals surface area (Å²) >= 11 is 2.29. The fourth-order valence-electron chi connectivity index (χ4n) is 1.49. The highest BCUT2D eigenvalue weighted by atomic mass is 127. The van der Waals surface area contributed by atoms with Gasteiger partial charge in [-0.15, -0.1) is 0 Å². The Morgan fingerprint density at radius 3 is 2.40 bits per heavy atom. The van der Waals surface area contributed by atoms with E-state index in [-0.39, 0.29) is 5.82 Å². The summed E-state index contributed by atoms with van der Waals surface area (Å²) in [6.07, 6.45) is 0. The van der Waals surface area contributed by atoms with Crippen LogP contribution in [0.2, 0.25) is 0 Å². The van der Waals surface area contributed by atoms with Crippen LogP contribution in [0, 0.1) is 16.3 Å². The van der Waals surface area contributed by atoms with Crippen LogP contribution in [-0.4, -0.2) is 0 Å². The Morgan fingerprint density at radius 2 is 1.73 bits per heavy atom. The summed E-state index contributed by atoms with van der Waals surface area (Å²) in [4.78, 5) is 0. The van der Waals surface area contributed by atoms with E-state index in [1.54, 1.807) is 12.1 Å². The maximum absolute atomic E-state index is 13.0. The van der Waals surface area contributed by atoms with Crippen LogP contribution in [0.15, 0.2) is 42.5 Å². The van der Waals surface area contributed by atoms with Crippen LogP contribution < -0.4 is 0 Å². The molecule has 0 radical (unpaired) electrons. The molecule has 0 aliphatic rings. The highest BCUT2D eigenvalue weighted by molar-refractivity contribution is 14.1. The first-order chi connectivity index (χ1) is 7.16. The molecule has 0 unspecified atom stereocenters. The van der Waals surface area contributed by atoms with Gasteiger partial charge in [-0.25, -0.2) is 4.39 Å². The van der Waals surface area contributed by atoms with E-state index in [2.05, 4.69) is 41.6 Å². The highest BCUT2D eigenvalue weighted by Crippen LogP contribution is 2.23. The second-order valence-corrected chi connectivity index (χ2v) is 4.64. The minimum absolute atomic E-state index is 0.191. The lowest BCUT2D eigenvalue weighted by atomic mass is 10.0. The molecule has 15 heavy (non-hydrogen) atoms. The summed E-state index contributed by atoms with van der Waals surface area (Å²) in [5, 5.41) is 0. The molecule has 0 fully saturated rings. The van der Waals surface area contributed by atoms with Gasteiger partial charge in [-0.05, 0) is 64.4 Å². The minimum atomic E-state index is -0.191. The number of hydrogen-bond acceptors (Lipinski definition) is 0. The van der Waals surface area contributed by atoms with Crippen molar-refractivity contribution in [3.63, 3.8) is 0 Å². The van der Waals surface area contributed by atoms with Gasteiger partial charge >= 0.3 is 0 Å². The Balaban J connectivity index is 2.50. The van der Waals surface area contributed by atoms with E-state index in [1.807, 2.05) is 12.1 Å². The van der Waals surface area contributed by atoms with Crippen molar-refractivity contribution < 1.29 is 4.39 Å². The lowest BCUT2D eigenvalue weighted by molar-refractivity contribution is 0.628. The first-order valence-electron chi connectivity index (χ1n) is 4.69. The van der Waals surface area contributed by atoms with Gasteiger partial charge in [-0.1, -0.05) is 24.3 Å². The van der Waals surface area contributed by atoms with Crippen molar-refractivity contribution in [3.8, 4) is 11.1 Å². The standard InChI is InChI=1S/C13H10FI/c1-9-7-11(5-6-13(9)15)10-3-2-4-12(14)8-10/h2-8H,1H3. The topological polar surface area (TPSA) is 0 Å². The molecule has 0 nitrogen and oxygen atoms in total. The molecule has 2 rings (SSSR count). The average Bonchev–Trinajstić information content (AvgIpc) is 2.22. The normalized spacial score (nSPS) is 10.3. The van der Waals surface area contributed by atoms with Crippen LogP contribution in [0.1, 0.15) is 5.56 Å². The van der Waals surface area contributed by atoms with E-state index in [0.717, 1.165) is 11.1 Å². The van der Waals surface area contributed by atoms with Gasteiger partial charge in [0.25, 0.3) is 0 Å². The van der Waals surface area contributed by atoms with E-state index in [4.69, 9.17) is 0 Å². The molecule has 0 heterocycles. The van der Waals surface area contributed by atoms with E-state index in [0.29, 0.717) is 0 Å². The Morgan fingerprint density at radius 1 is 1.00 bits per heavy atom. The lowest BCUT2D eigenvalue weighted by Gasteiger charge is -2.04. The maximum Gasteiger partial charge on any atom is 0.123 e. The second kappa shape index (κ2) is 4.31. The number of benzene rings is 2. The predicted molar refractivity (Wildman–Crippen MR) is 69.3 cm³/mol. The third-order valence-electron chi connectivity index (χ3n) is 2.32.